The molecule has 2 heterocycles. The third kappa shape index (κ3) is 4.01. The van der Waals surface area contributed by atoms with Crippen molar-refractivity contribution >= 4 is 35.6 Å². The van der Waals surface area contributed by atoms with Crippen LogP contribution in [-0.4, -0.2) is 28.8 Å². The van der Waals surface area contributed by atoms with E-state index in [0.717, 1.165) is 24.2 Å². The van der Waals surface area contributed by atoms with Gasteiger partial charge in [0, 0.05) is 36.5 Å². The Balaban J connectivity index is 0.00000208. The zero-order valence-corrected chi connectivity index (χ0v) is 15.1. The van der Waals surface area contributed by atoms with E-state index in [-0.39, 0.29) is 24.4 Å². The van der Waals surface area contributed by atoms with Gasteiger partial charge in [0.2, 0.25) is 0 Å². The van der Waals surface area contributed by atoms with E-state index in [1.165, 1.54) is 0 Å². The van der Waals surface area contributed by atoms with Crippen molar-refractivity contribution in [1.82, 2.24) is 15.5 Å². The SMILES string of the molecule is CC(C)Oc1ccc(NC(=O)c2n[nH]c3c2CNCC3)cc1Cl.Cl. The molecule has 6 nitrogen and oxygen atoms in total. The molecule has 0 fully saturated rings. The van der Waals surface area contributed by atoms with Crippen molar-refractivity contribution in [2.24, 2.45) is 0 Å². The third-order valence-corrected chi connectivity index (χ3v) is 3.87. The van der Waals surface area contributed by atoms with E-state index >= 15 is 0 Å². The maximum Gasteiger partial charge on any atom is 0.276 e. The van der Waals surface area contributed by atoms with E-state index in [1.54, 1.807) is 18.2 Å². The first-order chi connectivity index (χ1) is 11.0. The second-order valence-corrected chi connectivity index (χ2v) is 6.13. The molecule has 3 rings (SSSR count). The highest BCUT2D eigenvalue weighted by atomic mass is 35.5. The molecule has 0 aliphatic carbocycles. The largest absolute Gasteiger partial charge is 0.489 e. The minimum Gasteiger partial charge on any atom is -0.489 e. The Labute approximate surface area is 151 Å². The van der Waals surface area contributed by atoms with Crippen molar-refractivity contribution in [2.75, 3.05) is 11.9 Å². The van der Waals surface area contributed by atoms with Gasteiger partial charge >= 0.3 is 0 Å². The lowest BCUT2D eigenvalue weighted by Crippen LogP contribution is -2.25. The lowest BCUT2D eigenvalue weighted by molar-refractivity contribution is 0.102. The lowest BCUT2D eigenvalue weighted by atomic mass is 10.1. The molecule has 130 valence electrons. The van der Waals surface area contributed by atoms with Crippen LogP contribution >= 0.6 is 24.0 Å². The molecule has 24 heavy (non-hydrogen) atoms. The number of amides is 1. The summed E-state index contributed by atoms with van der Waals surface area (Å²) in [7, 11) is 0. The maximum absolute atomic E-state index is 12.4. The van der Waals surface area contributed by atoms with Gasteiger partial charge in [-0.3, -0.25) is 9.89 Å². The van der Waals surface area contributed by atoms with E-state index in [4.69, 9.17) is 16.3 Å². The molecule has 2 aromatic rings. The van der Waals surface area contributed by atoms with E-state index in [0.29, 0.717) is 28.7 Å². The summed E-state index contributed by atoms with van der Waals surface area (Å²) in [5, 5.41) is 13.6. The van der Waals surface area contributed by atoms with Crippen LogP contribution in [0.2, 0.25) is 5.02 Å². The number of halogens is 2. The number of hydrogen-bond donors (Lipinski definition) is 3. The van der Waals surface area contributed by atoms with Crippen LogP contribution in [0.3, 0.4) is 0 Å². The van der Waals surface area contributed by atoms with Crippen LogP contribution in [0.4, 0.5) is 5.69 Å². The number of fused-ring (bicyclic) bond motifs is 1. The smallest absolute Gasteiger partial charge is 0.276 e. The van der Waals surface area contributed by atoms with Gasteiger partial charge in [-0.05, 0) is 32.0 Å². The fourth-order valence-electron chi connectivity index (χ4n) is 2.53. The number of nitrogens with one attached hydrogen (secondary N) is 3. The van der Waals surface area contributed by atoms with Gasteiger partial charge in [0.1, 0.15) is 5.75 Å². The molecule has 0 unspecified atom stereocenters. The van der Waals surface area contributed by atoms with E-state index < -0.39 is 0 Å². The highest BCUT2D eigenvalue weighted by molar-refractivity contribution is 6.32. The number of carbonyl (C=O) groups excluding carboxylic acids is 1. The fourth-order valence-corrected chi connectivity index (χ4v) is 2.76. The van der Waals surface area contributed by atoms with Crippen LogP contribution in [0, 0.1) is 0 Å². The minimum atomic E-state index is -0.250. The molecular weight excluding hydrogens is 351 g/mol. The Bertz CT molecular complexity index is 731. The van der Waals surface area contributed by atoms with E-state index in [2.05, 4.69) is 20.8 Å². The predicted molar refractivity (Wildman–Crippen MR) is 96.4 cm³/mol. The van der Waals surface area contributed by atoms with Crippen LogP contribution in [0.15, 0.2) is 18.2 Å². The zero-order valence-electron chi connectivity index (χ0n) is 13.5. The molecule has 0 spiro atoms. The Hall–Kier alpha value is -1.76. The molecule has 1 aliphatic heterocycles. The van der Waals surface area contributed by atoms with Gasteiger partial charge in [-0.25, -0.2) is 0 Å². The van der Waals surface area contributed by atoms with Gasteiger partial charge in [0.15, 0.2) is 5.69 Å². The predicted octanol–water partition coefficient (Wildman–Crippen LogP) is 3.17. The summed E-state index contributed by atoms with van der Waals surface area (Å²) < 4.78 is 5.58. The maximum atomic E-state index is 12.4. The quantitative estimate of drug-likeness (QED) is 0.772. The Morgan fingerprint density at radius 3 is 2.92 bits per heavy atom. The number of rotatable bonds is 4. The van der Waals surface area contributed by atoms with Crippen LogP contribution in [0.5, 0.6) is 5.75 Å². The third-order valence-electron chi connectivity index (χ3n) is 3.57. The molecule has 1 amide bonds. The summed E-state index contributed by atoms with van der Waals surface area (Å²) >= 11 is 6.19. The average molecular weight is 371 g/mol. The fraction of sp³-hybridized carbons (Fsp3) is 0.375. The second-order valence-electron chi connectivity index (χ2n) is 5.72. The van der Waals surface area contributed by atoms with Crippen LogP contribution in [0.25, 0.3) is 0 Å². The molecule has 0 radical (unpaired) electrons. The summed E-state index contributed by atoms with van der Waals surface area (Å²) in [5.41, 5.74) is 2.98. The summed E-state index contributed by atoms with van der Waals surface area (Å²) in [5.74, 6) is 0.348. The first-order valence-electron chi connectivity index (χ1n) is 7.59. The zero-order chi connectivity index (χ0) is 16.4. The van der Waals surface area contributed by atoms with Gasteiger partial charge < -0.3 is 15.4 Å². The van der Waals surface area contributed by atoms with Crippen molar-refractivity contribution in [3.05, 3.63) is 40.2 Å². The van der Waals surface area contributed by atoms with Crippen LogP contribution < -0.4 is 15.4 Å². The first kappa shape index (κ1) is 18.6. The van der Waals surface area contributed by atoms with Crippen molar-refractivity contribution in [1.29, 1.82) is 0 Å². The standard InChI is InChI=1S/C16H19ClN4O2.ClH/c1-9(2)23-14-4-3-10(7-12(14)17)19-16(22)15-11-8-18-6-5-13(11)20-21-15;/h3-4,7,9,18H,5-6,8H2,1-2H3,(H,19,22)(H,20,21);1H. The Morgan fingerprint density at radius 1 is 1.42 bits per heavy atom. The molecule has 8 heteroatoms. The van der Waals surface area contributed by atoms with Gasteiger partial charge in [-0.15, -0.1) is 12.4 Å². The first-order valence-corrected chi connectivity index (χ1v) is 7.97. The molecule has 0 atom stereocenters. The van der Waals surface area contributed by atoms with Gasteiger partial charge in [0.25, 0.3) is 5.91 Å². The Morgan fingerprint density at radius 2 is 2.21 bits per heavy atom. The van der Waals surface area contributed by atoms with Crippen molar-refractivity contribution in [3.8, 4) is 5.75 Å². The van der Waals surface area contributed by atoms with Crippen LogP contribution in [0.1, 0.15) is 35.6 Å². The summed E-state index contributed by atoms with van der Waals surface area (Å²) in [6.07, 6.45) is 0.888. The summed E-state index contributed by atoms with van der Waals surface area (Å²) in [6.45, 7) is 5.40. The highest BCUT2D eigenvalue weighted by Crippen LogP contribution is 2.29. The van der Waals surface area contributed by atoms with Gasteiger partial charge in [-0.1, -0.05) is 11.6 Å². The minimum absolute atomic E-state index is 0. The van der Waals surface area contributed by atoms with Gasteiger partial charge in [0.05, 0.1) is 11.1 Å². The molecule has 1 aromatic carbocycles. The molecule has 1 aromatic heterocycles. The number of hydrogen-bond acceptors (Lipinski definition) is 4. The number of ether oxygens (including phenoxy) is 1. The number of anilines is 1. The lowest BCUT2D eigenvalue weighted by Gasteiger charge is -2.14. The van der Waals surface area contributed by atoms with Crippen LogP contribution in [-0.2, 0) is 13.0 Å². The molecule has 0 saturated heterocycles. The number of nitrogens with zero attached hydrogens (tertiary/aromatic N) is 1. The average Bonchev–Trinajstić information content (AvgIpc) is 2.94. The van der Waals surface area contributed by atoms with Crippen molar-refractivity contribution in [2.45, 2.75) is 32.9 Å². The Kier molecular flexibility index (Phi) is 6.10. The van der Waals surface area contributed by atoms with Gasteiger partial charge in [-0.2, -0.15) is 5.10 Å². The second kappa shape index (κ2) is 7.88. The monoisotopic (exact) mass is 370 g/mol. The molecule has 0 saturated carbocycles. The number of H-pyrrole nitrogens is 1. The topological polar surface area (TPSA) is 79.0 Å². The van der Waals surface area contributed by atoms with Crippen molar-refractivity contribution in [3.63, 3.8) is 0 Å². The number of benzene rings is 1. The number of carbonyl (C=O) groups is 1. The highest BCUT2D eigenvalue weighted by Gasteiger charge is 2.21. The summed E-state index contributed by atoms with van der Waals surface area (Å²) in [4.78, 5) is 12.4. The number of aromatic amines is 1. The van der Waals surface area contributed by atoms with E-state index in [1.807, 2.05) is 13.8 Å². The summed E-state index contributed by atoms with van der Waals surface area (Å²) in [6, 6.07) is 5.19. The molecular formula is C16H20Cl2N4O2. The molecule has 1 aliphatic rings. The van der Waals surface area contributed by atoms with E-state index in [9.17, 15) is 4.79 Å². The van der Waals surface area contributed by atoms with Crippen molar-refractivity contribution < 1.29 is 9.53 Å². The normalized spacial score (nSPS) is 13.2. The number of aromatic nitrogens is 2. The molecule has 3 N–H and O–H groups in total. The molecule has 0 bridgehead atoms.